The molecule has 0 saturated carbocycles. The standard InChI is InChI=1S/C62H51NO24S6/c1-8-49(85-50-24-21-41(91(75,76)77)27-44(50)35-9-15-38(16-10-35)88(66,67)68)55-33(4)62(6,84-7)59-54(87-52-26-23-43(93(81,82)83)29-46(52)37-13-19-40(20-14-37)90(72,73)74)31-48-56-47(60(64)63(61(48)65)34(5)32(2)3)30-53(57(55)58(56)59)86-51-25-22-42(92(78,79)80)28-45(51)36-11-17-39(18-12-36)89(69,70)71/h8-31H,1-7H3,(H,66,67,68)(H,69,70,71)(H,72,73,74)(H,75,76,77)(H,78,79,80)(H,81,82,83)/b49-8+. The van der Waals surface area contributed by atoms with Crippen molar-refractivity contribution >= 4 is 88.9 Å². The predicted octanol–water partition coefficient (Wildman–Crippen LogP) is 11.4. The second-order valence-corrected chi connectivity index (χ2v) is 30.0. The molecule has 1 aliphatic carbocycles. The van der Waals surface area contributed by atoms with Gasteiger partial charge in [0.15, 0.2) is 0 Å². The third-order valence-corrected chi connectivity index (χ3v) is 20.9. The molecule has 93 heavy (non-hydrogen) atoms. The van der Waals surface area contributed by atoms with E-state index in [1.54, 1.807) is 27.7 Å². The lowest BCUT2D eigenvalue weighted by atomic mass is 9.71. The summed E-state index contributed by atoms with van der Waals surface area (Å²) in [4.78, 5) is 28.2. The molecule has 31 heteroatoms. The van der Waals surface area contributed by atoms with Crippen molar-refractivity contribution in [2.75, 3.05) is 7.11 Å². The summed E-state index contributed by atoms with van der Waals surface area (Å²) >= 11 is 0. The number of carbonyl (C=O) groups excluding carboxylic acids is 2. The first-order chi connectivity index (χ1) is 43.2. The Morgan fingerprint density at radius 3 is 1.12 bits per heavy atom. The van der Waals surface area contributed by atoms with Crippen molar-refractivity contribution in [1.82, 2.24) is 4.90 Å². The fourth-order valence-electron chi connectivity index (χ4n) is 10.8. The second-order valence-electron chi connectivity index (χ2n) is 21.5. The minimum atomic E-state index is -5.02. The normalized spacial score (nSPS) is 15.6. The summed E-state index contributed by atoms with van der Waals surface area (Å²) in [6.45, 7) is 9.41. The highest BCUT2D eigenvalue weighted by Gasteiger charge is 2.47. The van der Waals surface area contributed by atoms with E-state index in [9.17, 15) is 77.8 Å². The molecular formula is C62H51NO24S6. The average molecular weight is 1390 g/mol. The van der Waals surface area contributed by atoms with Gasteiger partial charge in [-0.3, -0.25) is 36.9 Å². The van der Waals surface area contributed by atoms with Crippen LogP contribution >= 0.6 is 0 Å². The maximum Gasteiger partial charge on any atom is 0.294 e. The van der Waals surface area contributed by atoms with Gasteiger partial charge in [-0.15, -0.1) is 0 Å². The van der Waals surface area contributed by atoms with Crippen LogP contribution < -0.4 is 14.2 Å². The largest absolute Gasteiger partial charge is 0.456 e. The Balaban J connectivity index is 1.35. The fraction of sp³-hybridized carbons (Fsp3) is 0.129. The van der Waals surface area contributed by atoms with Crippen molar-refractivity contribution in [1.29, 1.82) is 0 Å². The van der Waals surface area contributed by atoms with Gasteiger partial charge in [0, 0.05) is 57.0 Å². The monoisotopic (exact) mass is 1390 g/mol. The summed E-state index contributed by atoms with van der Waals surface area (Å²) < 4.78 is 238. The number of imide groups is 1. The molecule has 0 spiro atoms. The average Bonchev–Trinajstić information content (AvgIpc) is 0.684. The van der Waals surface area contributed by atoms with E-state index < -0.39 is 107 Å². The maximum absolute atomic E-state index is 15.5. The molecule has 2 aliphatic rings. The van der Waals surface area contributed by atoms with Gasteiger partial charge >= 0.3 is 0 Å². The van der Waals surface area contributed by atoms with Gasteiger partial charge in [-0.2, -0.15) is 50.5 Å². The maximum atomic E-state index is 15.5. The topological polar surface area (TPSA) is 401 Å². The third kappa shape index (κ3) is 12.5. The van der Waals surface area contributed by atoms with Crippen LogP contribution in [-0.4, -0.2) is 102 Å². The molecule has 1 unspecified atom stereocenters. The van der Waals surface area contributed by atoms with E-state index in [-0.39, 0.29) is 118 Å². The van der Waals surface area contributed by atoms with E-state index in [0.29, 0.717) is 5.57 Å². The Kier molecular flexibility index (Phi) is 17.1. The molecule has 1 atom stereocenters. The van der Waals surface area contributed by atoms with Crippen molar-refractivity contribution in [3.8, 4) is 62.1 Å². The van der Waals surface area contributed by atoms with E-state index in [2.05, 4.69) is 0 Å². The number of methoxy groups -OCH3 is 1. The van der Waals surface area contributed by atoms with E-state index in [4.69, 9.17) is 18.9 Å². The van der Waals surface area contributed by atoms with Gasteiger partial charge in [0.05, 0.1) is 40.5 Å². The van der Waals surface area contributed by atoms with Gasteiger partial charge in [-0.1, -0.05) is 42.0 Å². The van der Waals surface area contributed by atoms with Gasteiger partial charge in [0.2, 0.25) is 0 Å². The minimum absolute atomic E-state index is 0.00142. The summed E-state index contributed by atoms with van der Waals surface area (Å²) in [7, 11) is -28.0. The van der Waals surface area contributed by atoms with Crippen molar-refractivity contribution in [3.63, 3.8) is 0 Å². The molecule has 484 valence electrons. The van der Waals surface area contributed by atoms with Crippen LogP contribution in [-0.2, 0) is 71.0 Å². The van der Waals surface area contributed by atoms with E-state index in [1.807, 2.05) is 0 Å². The highest BCUT2D eigenvalue weighted by atomic mass is 32.2. The fourth-order valence-corrected chi connectivity index (χ4v) is 13.8. The molecule has 1 heterocycles. The van der Waals surface area contributed by atoms with Crippen LogP contribution in [0.5, 0.6) is 28.7 Å². The first-order valence-electron chi connectivity index (χ1n) is 26.9. The number of carbonyl (C=O) groups is 2. The Hall–Kier alpha value is -8.80. The van der Waals surface area contributed by atoms with Crippen LogP contribution in [0.25, 0.3) is 49.7 Å². The summed E-state index contributed by atoms with van der Waals surface area (Å²) in [5.41, 5.74) is -1.81. The number of rotatable bonds is 18. The SMILES string of the molecule is C/C=C(/Oc1ccc(S(=O)(=O)O)cc1-c1ccc(S(=O)(=O)O)cc1)C1=C(C)C(C)(OC)c2c(Oc3ccc(S(=O)(=O)O)cc3-c3ccc(S(=O)(=O)O)cc3)cc3c4c(cc(Oc5ccc(S(=O)(=O)O)cc5-c5ccc(S(=O)(=O)O)cc5)c1c24)C(=O)N(C(C)=C(C)C)C3=O. The van der Waals surface area contributed by atoms with Crippen LogP contribution in [0.1, 0.15) is 73.4 Å². The molecule has 25 nitrogen and oxygen atoms in total. The summed E-state index contributed by atoms with van der Waals surface area (Å²) in [6, 6.07) is 25.1. The number of ether oxygens (including phenoxy) is 4. The molecular weight excluding hydrogens is 1340 g/mol. The molecule has 8 aromatic rings. The van der Waals surface area contributed by atoms with Gasteiger partial charge in [0.25, 0.3) is 72.5 Å². The summed E-state index contributed by atoms with van der Waals surface area (Å²) in [6.07, 6.45) is 1.44. The number of benzene rings is 8. The number of nitrogens with zero attached hydrogens (tertiary/aromatic N) is 1. The Bertz CT molecular complexity index is 5390. The van der Waals surface area contributed by atoms with E-state index in [1.165, 1.54) is 75.6 Å². The van der Waals surface area contributed by atoms with Crippen molar-refractivity contribution in [2.24, 2.45) is 0 Å². The Morgan fingerprint density at radius 1 is 0.441 bits per heavy atom. The van der Waals surface area contributed by atoms with Crippen LogP contribution in [0.2, 0.25) is 0 Å². The first kappa shape index (κ1) is 67.1. The zero-order chi connectivity index (χ0) is 68.2. The molecule has 0 fully saturated rings. The van der Waals surface area contributed by atoms with Crippen molar-refractivity contribution in [2.45, 2.75) is 76.5 Å². The number of allylic oxidation sites excluding steroid dienone is 4. The zero-order valence-electron chi connectivity index (χ0n) is 49.3. The van der Waals surface area contributed by atoms with Crippen LogP contribution in [0, 0.1) is 0 Å². The molecule has 0 aromatic heterocycles. The highest BCUT2D eigenvalue weighted by Crippen LogP contribution is 2.59. The van der Waals surface area contributed by atoms with Crippen LogP contribution in [0.3, 0.4) is 0 Å². The number of amides is 2. The second kappa shape index (κ2) is 23.6. The smallest absolute Gasteiger partial charge is 0.294 e. The predicted molar refractivity (Wildman–Crippen MR) is 335 cm³/mol. The molecule has 6 N–H and O–H groups in total. The molecule has 10 rings (SSSR count). The molecule has 0 bridgehead atoms. The van der Waals surface area contributed by atoms with Crippen LogP contribution in [0.15, 0.2) is 198 Å². The lowest BCUT2D eigenvalue weighted by molar-refractivity contribution is 0.0347. The van der Waals surface area contributed by atoms with Crippen molar-refractivity contribution in [3.05, 3.63) is 190 Å². The number of hydrogen-bond donors (Lipinski definition) is 6. The lowest BCUT2D eigenvalue weighted by Gasteiger charge is -2.41. The highest BCUT2D eigenvalue weighted by molar-refractivity contribution is 7.87. The molecule has 8 aromatic carbocycles. The van der Waals surface area contributed by atoms with E-state index in [0.717, 1.165) is 95.9 Å². The minimum Gasteiger partial charge on any atom is -0.456 e. The quantitative estimate of drug-likeness (QED) is 0.0264. The van der Waals surface area contributed by atoms with E-state index >= 15 is 9.59 Å². The molecule has 0 saturated heterocycles. The van der Waals surface area contributed by atoms with Crippen molar-refractivity contribution < 1.29 is 106 Å². The summed E-state index contributed by atoms with van der Waals surface area (Å²) in [5, 5.41) is -0.136. The van der Waals surface area contributed by atoms with Gasteiger partial charge in [-0.05, 0) is 173 Å². The molecule has 2 amide bonds. The Morgan fingerprint density at radius 2 is 0.774 bits per heavy atom. The molecule has 0 radical (unpaired) electrons. The third-order valence-electron chi connectivity index (χ3n) is 15.8. The van der Waals surface area contributed by atoms with Crippen LogP contribution in [0.4, 0.5) is 0 Å². The van der Waals surface area contributed by atoms with Gasteiger partial charge < -0.3 is 18.9 Å². The number of hydrogen-bond acceptors (Lipinski definition) is 18. The van der Waals surface area contributed by atoms with Gasteiger partial charge in [-0.25, -0.2) is 4.90 Å². The first-order valence-corrected chi connectivity index (χ1v) is 35.6. The lowest BCUT2D eigenvalue weighted by Crippen LogP contribution is -2.40. The molecule has 1 aliphatic heterocycles. The zero-order valence-corrected chi connectivity index (χ0v) is 54.2. The van der Waals surface area contributed by atoms with Gasteiger partial charge in [0.1, 0.15) is 40.1 Å². The Labute approximate surface area is 533 Å². The summed E-state index contributed by atoms with van der Waals surface area (Å²) in [5.74, 6) is -3.24.